The molecule has 0 saturated carbocycles. The third kappa shape index (κ3) is 5.28. The number of carbonyl (C=O) groups excluding carboxylic acids is 2. The molecule has 0 aliphatic rings. The van der Waals surface area contributed by atoms with Gasteiger partial charge in [0.05, 0.1) is 16.4 Å². The second-order valence-corrected chi connectivity index (χ2v) is 9.37. The number of aromatic nitrogens is 2. The van der Waals surface area contributed by atoms with Gasteiger partial charge in [0.15, 0.2) is 0 Å². The van der Waals surface area contributed by atoms with Crippen molar-refractivity contribution in [2.75, 3.05) is 13.1 Å². The molecule has 1 aromatic carbocycles. The quantitative estimate of drug-likeness (QED) is 0.464. The average molecular weight is 445 g/mol. The number of thiophene rings is 1. The standard InChI is InChI=1S/C21H24N4O3S2/c1-12-13(2)30-21-17(12)20(28)24-16(25-21)11-29-14(3)18(26)22-9-10-23-19(27)15-7-5-4-6-8-15/h4-8,14H,9-11H2,1-3H3,(H,22,26)(H,23,27)(H,24,25,28). The number of rotatable bonds is 8. The topological polar surface area (TPSA) is 104 Å². The first-order chi connectivity index (χ1) is 14.4. The molecule has 7 nitrogen and oxygen atoms in total. The predicted molar refractivity (Wildman–Crippen MR) is 122 cm³/mol. The molecule has 1 unspecified atom stereocenters. The van der Waals surface area contributed by atoms with Crippen LogP contribution in [0.15, 0.2) is 35.1 Å². The van der Waals surface area contributed by atoms with E-state index in [0.717, 1.165) is 15.3 Å². The first-order valence-electron chi connectivity index (χ1n) is 9.58. The minimum Gasteiger partial charge on any atom is -0.353 e. The molecule has 2 aromatic heterocycles. The molecule has 3 aromatic rings. The summed E-state index contributed by atoms with van der Waals surface area (Å²) in [5.41, 5.74) is 1.42. The number of thioether (sulfide) groups is 1. The van der Waals surface area contributed by atoms with Gasteiger partial charge in [-0.15, -0.1) is 23.1 Å². The second-order valence-electron chi connectivity index (χ2n) is 6.84. The number of aromatic amines is 1. The number of carbonyl (C=O) groups is 2. The number of H-pyrrole nitrogens is 1. The number of hydrogen-bond acceptors (Lipinski definition) is 6. The molecule has 0 fully saturated rings. The van der Waals surface area contributed by atoms with Crippen molar-refractivity contribution in [1.82, 2.24) is 20.6 Å². The Balaban J connectivity index is 1.45. The van der Waals surface area contributed by atoms with Crippen LogP contribution in [-0.2, 0) is 10.5 Å². The van der Waals surface area contributed by atoms with E-state index in [2.05, 4.69) is 20.6 Å². The summed E-state index contributed by atoms with van der Waals surface area (Å²) >= 11 is 2.91. The normalized spacial score (nSPS) is 12.0. The van der Waals surface area contributed by atoms with E-state index in [1.54, 1.807) is 31.2 Å². The van der Waals surface area contributed by atoms with E-state index in [9.17, 15) is 14.4 Å². The summed E-state index contributed by atoms with van der Waals surface area (Å²) in [7, 11) is 0. The van der Waals surface area contributed by atoms with Crippen LogP contribution in [0.1, 0.15) is 33.5 Å². The van der Waals surface area contributed by atoms with Gasteiger partial charge in [-0.2, -0.15) is 0 Å². The molecule has 0 bridgehead atoms. The highest BCUT2D eigenvalue weighted by Crippen LogP contribution is 2.26. The molecule has 3 N–H and O–H groups in total. The highest BCUT2D eigenvalue weighted by Gasteiger charge is 2.16. The van der Waals surface area contributed by atoms with E-state index >= 15 is 0 Å². The molecule has 0 aliphatic carbocycles. The number of nitrogens with one attached hydrogen (secondary N) is 3. The average Bonchev–Trinajstić information content (AvgIpc) is 3.03. The molecule has 2 amide bonds. The molecule has 1 atom stereocenters. The number of fused-ring (bicyclic) bond motifs is 1. The van der Waals surface area contributed by atoms with Gasteiger partial charge in [-0.25, -0.2) is 4.98 Å². The fourth-order valence-corrected chi connectivity index (χ4v) is 4.67. The minimum atomic E-state index is -0.317. The molecule has 0 radical (unpaired) electrons. The van der Waals surface area contributed by atoms with Gasteiger partial charge in [-0.1, -0.05) is 18.2 Å². The van der Waals surface area contributed by atoms with Gasteiger partial charge >= 0.3 is 0 Å². The zero-order valence-corrected chi connectivity index (χ0v) is 18.7. The zero-order chi connectivity index (χ0) is 21.7. The van der Waals surface area contributed by atoms with Crippen molar-refractivity contribution >= 4 is 45.1 Å². The molecule has 0 aliphatic heterocycles. The lowest BCUT2D eigenvalue weighted by Crippen LogP contribution is -2.37. The zero-order valence-electron chi connectivity index (χ0n) is 17.1. The van der Waals surface area contributed by atoms with Crippen molar-refractivity contribution in [1.29, 1.82) is 0 Å². The predicted octanol–water partition coefficient (Wildman–Crippen LogP) is 2.77. The largest absolute Gasteiger partial charge is 0.353 e. The molecular weight excluding hydrogens is 420 g/mol. The lowest BCUT2D eigenvalue weighted by atomic mass is 10.2. The Kier molecular flexibility index (Phi) is 7.28. The summed E-state index contributed by atoms with van der Waals surface area (Å²) in [5.74, 6) is 0.700. The van der Waals surface area contributed by atoms with Crippen LogP contribution < -0.4 is 16.2 Å². The molecule has 158 valence electrons. The maximum Gasteiger partial charge on any atom is 0.259 e. The third-order valence-electron chi connectivity index (χ3n) is 4.67. The van der Waals surface area contributed by atoms with Crippen LogP contribution in [0.5, 0.6) is 0 Å². The van der Waals surface area contributed by atoms with Gasteiger partial charge in [0.2, 0.25) is 5.91 Å². The molecule has 30 heavy (non-hydrogen) atoms. The number of hydrogen-bond donors (Lipinski definition) is 3. The Morgan fingerprint density at radius 2 is 1.87 bits per heavy atom. The summed E-state index contributed by atoms with van der Waals surface area (Å²) in [6.07, 6.45) is 0. The molecule has 2 heterocycles. The number of amides is 2. The first-order valence-corrected chi connectivity index (χ1v) is 11.4. The fourth-order valence-electron chi connectivity index (χ4n) is 2.84. The fraction of sp³-hybridized carbons (Fsp3) is 0.333. The summed E-state index contributed by atoms with van der Waals surface area (Å²) in [6, 6.07) is 8.93. The van der Waals surface area contributed by atoms with Crippen molar-refractivity contribution in [3.05, 3.63) is 62.5 Å². The van der Waals surface area contributed by atoms with Crippen LogP contribution in [0.4, 0.5) is 0 Å². The van der Waals surface area contributed by atoms with E-state index in [1.807, 2.05) is 19.9 Å². The highest BCUT2D eigenvalue weighted by atomic mass is 32.2. The minimum absolute atomic E-state index is 0.125. The maximum absolute atomic E-state index is 12.3. The Morgan fingerprint density at radius 1 is 1.17 bits per heavy atom. The smallest absolute Gasteiger partial charge is 0.259 e. The molecule has 9 heteroatoms. The lowest BCUT2D eigenvalue weighted by molar-refractivity contribution is -0.120. The Morgan fingerprint density at radius 3 is 2.60 bits per heavy atom. The van der Waals surface area contributed by atoms with Gasteiger partial charge in [0.1, 0.15) is 10.7 Å². The van der Waals surface area contributed by atoms with Gasteiger partial charge < -0.3 is 15.6 Å². The van der Waals surface area contributed by atoms with E-state index in [4.69, 9.17) is 0 Å². The highest BCUT2D eigenvalue weighted by molar-refractivity contribution is 7.99. The Bertz CT molecular complexity index is 1110. The molecule has 0 saturated heterocycles. The van der Waals surface area contributed by atoms with E-state index in [0.29, 0.717) is 35.6 Å². The number of aryl methyl sites for hydroxylation is 2. The summed E-state index contributed by atoms with van der Waals surface area (Å²) in [6.45, 7) is 6.40. The van der Waals surface area contributed by atoms with Crippen LogP contribution in [0.2, 0.25) is 0 Å². The van der Waals surface area contributed by atoms with Crippen molar-refractivity contribution in [3.8, 4) is 0 Å². The van der Waals surface area contributed by atoms with Crippen LogP contribution in [0, 0.1) is 13.8 Å². The van der Waals surface area contributed by atoms with Crippen molar-refractivity contribution in [2.24, 2.45) is 0 Å². The molecule has 0 spiro atoms. The van der Waals surface area contributed by atoms with Crippen LogP contribution in [0.25, 0.3) is 10.2 Å². The van der Waals surface area contributed by atoms with Crippen LogP contribution in [0.3, 0.4) is 0 Å². The van der Waals surface area contributed by atoms with Crippen molar-refractivity contribution in [2.45, 2.75) is 31.8 Å². The van der Waals surface area contributed by atoms with E-state index in [-0.39, 0.29) is 22.6 Å². The van der Waals surface area contributed by atoms with E-state index < -0.39 is 0 Å². The maximum atomic E-state index is 12.3. The van der Waals surface area contributed by atoms with Gasteiger partial charge in [-0.3, -0.25) is 14.4 Å². The number of benzene rings is 1. The first kappa shape index (κ1) is 22.0. The molecular formula is C21H24N4O3S2. The van der Waals surface area contributed by atoms with Crippen molar-refractivity contribution in [3.63, 3.8) is 0 Å². The SMILES string of the molecule is Cc1sc2nc(CSC(C)C(=O)NCCNC(=O)c3ccccc3)[nH]c(=O)c2c1C. The summed E-state index contributed by atoms with van der Waals surface area (Å²) < 4.78 is 0. The van der Waals surface area contributed by atoms with Gasteiger partial charge in [-0.05, 0) is 38.5 Å². The Hall–Kier alpha value is -2.65. The third-order valence-corrected chi connectivity index (χ3v) is 6.93. The van der Waals surface area contributed by atoms with Gasteiger partial charge in [0.25, 0.3) is 11.5 Å². The van der Waals surface area contributed by atoms with Gasteiger partial charge in [0, 0.05) is 23.5 Å². The summed E-state index contributed by atoms with van der Waals surface area (Å²) in [4.78, 5) is 45.7. The molecule has 3 rings (SSSR count). The number of nitrogens with zero attached hydrogens (tertiary/aromatic N) is 1. The Labute approximate surface area is 182 Å². The van der Waals surface area contributed by atoms with Crippen LogP contribution >= 0.6 is 23.1 Å². The van der Waals surface area contributed by atoms with Crippen molar-refractivity contribution < 1.29 is 9.59 Å². The van der Waals surface area contributed by atoms with E-state index in [1.165, 1.54) is 23.1 Å². The monoisotopic (exact) mass is 444 g/mol. The lowest BCUT2D eigenvalue weighted by Gasteiger charge is -2.12. The second kappa shape index (κ2) is 9.90. The van der Waals surface area contributed by atoms with Crippen LogP contribution in [-0.4, -0.2) is 40.1 Å². The summed E-state index contributed by atoms with van der Waals surface area (Å²) in [5, 5.41) is 5.92.